The minimum absolute atomic E-state index is 0.0422. The van der Waals surface area contributed by atoms with Gasteiger partial charge in [0.15, 0.2) is 11.8 Å². The zero-order valence-electron chi connectivity index (χ0n) is 16.4. The molecule has 0 saturated heterocycles. The average Bonchev–Trinajstić information content (AvgIpc) is 3.14. The summed E-state index contributed by atoms with van der Waals surface area (Å²) in [6.07, 6.45) is -5.91. The van der Waals surface area contributed by atoms with Gasteiger partial charge in [0.05, 0.1) is 16.3 Å². The summed E-state index contributed by atoms with van der Waals surface area (Å²) in [5.74, 6) is 0. The number of hydrogen-bond donors (Lipinski definition) is 0. The standard InChI is InChI=1S/C20H18F3N3O4S/c1-3-30-19(27)25-31(28,29)16-10-8-15(9-11-16)26-17(12-18(24-26)20(21,22)23)14-6-4-13(2)5-7-14/h4-12H,3H2,1-2H3,(H,25,27)/p-1. The van der Waals surface area contributed by atoms with Crippen molar-refractivity contribution >= 4 is 16.1 Å². The molecule has 11 heteroatoms. The smallest absolute Gasteiger partial charge is 0.435 e. The van der Waals surface area contributed by atoms with Crippen molar-refractivity contribution < 1.29 is 31.4 Å². The van der Waals surface area contributed by atoms with Crippen LogP contribution in [0.1, 0.15) is 18.2 Å². The summed E-state index contributed by atoms with van der Waals surface area (Å²) in [4.78, 5) is -0.315. The number of halogens is 3. The largest absolute Gasteiger partial charge is 0.600 e. The summed E-state index contributed by atoms with van der Waals surface area (Å²) < 4.78 is 72.8. The SMILES string of the molecule is CCO/C([O-])=N/S(=O)(=O)c1ccc(-n2nc(C(F)(F)F)cc2-c2ccc(C)cc2)cc1. The first kappa shape index (κ1) is 22.3. The molecule has 0 aliphatic heterocycles. The number of ether oxygens (including phenoxy) is 1. The van der Waals surface area contributed by atoms with Gasteiger partial charge in [-0.15, -0.1) is 4.40 Å². The molecule has 0 fully saturated rings. The number of rotatable bonds is 5. The Kier molecular flexibility index (Phi) is 6.07. The Hall–Kier alpha value is -3.34. The van der Waals surface area contributed by atoms with Gasteiger partial charge in [0, 0.05) is 5.56 Å². The second kappa shape index (κ2) is 8.42. The lowest BCUT2D eigenvalue weighted by Crippen LogP contribution is -2.22. The number of aromatic nitrogens is 2. The number of hydrogen-bond acceptors (Lipinski definition) is 5. The maximum absolute atomic E-state index is 13.3. The molecule has 0 aliphatic rings. The van der Waals surface area contributed by atoms with Crippen LogP contribution in [-0.2, 0) is 20.9 Å². The Morgan fingerprint density at radius 3 is 2.29 bits per heavy atom. The van der Waals surface area contributed by atoms with Crippen molar-refractivity contribution in [2.45, 2.75) is 24.9 Å². The van der Waals surface area contributed by atoms with Crippen molar-refractivity contribution in [3.8, 4) is 16.9 Å². The molecule has 0 amide bonds. The Morgan fingerprint density at radius 2 is 1.74 bits per heavy atom. The van der Waals surface area contributed by atoms with Crippen LogP contribution in [0.25, 0.3) is 16.9 Å². The predicted octanol–water partition coefficient (Wildman–Crippen LogP) is 3.31. The van der Waals surface area contributed by atoms with Crippen LogP contribution in [0.2, 0.25) is 0 Å². The lowest BCUT2D eigenvalue weighted by Gasteiger charge is -2.11. The van der Waals surface area contributed by atoms with Gasteiger partial charge in [0.25, 0.3) is 10.0 Å². The zero-order chi connectivity index (χ0) is 22.8. The lowest BCUT2D eigenvalue weighted by atomic mass is 10.1. The Morgan fingerprint density at radius 1 is 1.13 bits per heavy atom. The molecule has 3 rings (SSSR count). The third-order valence-electron chi connectivity index (χ3n) is 4.19. The van der Waals surface area contributed by atoms with Crippen molar-refractivity contribution in [3.05, 3.63) is 65.9 Å². The molecule has 0 radical (unpaired) electrons. The number of benzene rings is 2. The van der Waals surface area contributed by atoms with E-state index in [-0.39, 0.29) is 22.9 Å². The summed E-state index contributed by atoms with van der Waals surface area (Å²) in [5.41, 5.74) is 0.728. The fraction of sp³-hybridized carbons (Fsp3) is 0.200. The van der Waals surface area contributed by atoms with E-state index in [1.165, 1.54) is 19.1 Å². The molecule has 1 aromatic heterocycles. The average molecular weight is 452 g/mol. The highest BCUT2D eigenvalue weighted by molar-refractivity contribution is 7.90. The molecule has 0 aliphatic carbocycles. The molecule has 2 aromatic carbocycles. The second-order valence-corrected chi connectivity index (χ2v) is 8.05. The maximum atomic E-state index is 13.3. The molecule has 7 nitrogen and oxygen atoms in total. The van der Waals surface area contributed by atoms with E-state index in [0.717, 1.165) is 28.4 Å². The monoisotopic (exact) mass is 452 g/mol. The van der Waals surface area contributed by atoms with E-state index >= 15 is 0 Å². The number of sulfonamides is 1. The molecular weight excluding hydrogens is 435 g/mol. The van der Waals surface area contributed by atoms with E-state index in [9.17, 15) is 26.7 Å². The summed E-state index contributed by atoms with van der Waals surface area (Å²) >= 11 is 0. The Balaban J connectivity index is 2.05. The van der Waals surface area contributed by atoms with Crippen LogP contribution in [0, 0.1) is 6.92 Å². The highest BCUT2D eigenvalue weighted by Crippen LogP contribution is 2.33. The van der Waals surface area contributed by atoms with Crippen LogP contribution < -0.4 is 5.11 Å². The number of aryl methyl sites for hydroxylation is 1. The van der Waals surface area contributed by atoms with Crippen LogP contribution in [-0.4, -0.2) is 30.9 Å². The first-order valence-electron chi connectivity index (χ1n) is 9.01. The quantitative estimate of drug-likeness (QED) is 0.437. The summed E-state index contributed by atoms with van der Waals surface area (Å²) in [7, 11) is -4.32. The normalized spacial score (nSPS) is 12.7. The zero-order valence-corrected chi connectivity index (χ0v) is 17.2. The van der Waals surface area contributed by atoms with Crippen molar-refractivity contribution in [1.29, 1.82) is 0 Å². The van der Waals surface area contributed by atoms with Crippen molar-refractivity contribution in [1.82, 2.24) is 9.78 Å². The van der Waals surface area contributed by atoms with Crippen molar-refractivity contribution in [2.24, 2.45) is 4.40 Å². The highest BCUT2D eigenvalue weighted by Gasteiger charge is 2.35. The molecular formula is C20H17F3N3O4S-. The third kappa shape index (κ3) is 5.05. The van der Waals surface area contributed by atoms with E-state index in [1.807, 2.05) is 6.92 Å². The summed E-state index contributed by atoms with van der Waals surface area (Å²) in [6.45, 7) is 3.31. The third-order valence-corrected chi connectivity index (χ3v) is 5.45. The van der Waals surface area contributed by atoms with E-state index in [2.05, 4.69) is 14.2 Å². The van der Waals surface area contributed by atoms with Gasteiger partial charge in [-0.3, -0.25) is 0 Å². The van der Waals surface area contributed by atoms with Crippen LogP contribution in [0.5, 0.6) is 0 Å². The van der Waals surface area contributed by atoms with Crippen molar-refractivity contribution in [2.75, 3.05) is 6.61 Å². The van der Waals surface area contributed by atoms with Gasteiger partial charge in [-0.2, -0.15) is 26.7 Å². The molecule has 3 aromatic rings. The maximum Gasteiger partial charge on any atom is 0.435 e. The number of alkyl halides is 3. The van der Waals surface area contributed by atoms with Gasteiger partial charge in [0.1, 0.15) is 0 Å². The van der Waals surface area contributed by atoms with E-state index in [1.54, 1.807) is 24.3 Å². The minimum Gasteiger partial charge on any atom is -0.600 e. The van der Waals surface area contributed by atoms with Gasteiger partial charge < -0.3 is 9.84 Å². The molecule has 31 heavy (non-hydrogen) atoms. The fourth-order valence-electron chi connectivity index (χ4n) is 2.71. The van der Waals surface area contributed by atoms with Gasteiger partial charge in [0.2, 0.25) is 0 Å². The summed E-state index contributed by atoms with van der Waals surface area (Å²) in [6, 6.07) is 12.6. The van der Waals surface area contributed by atoms with E-state index < -0.39 is 28.0 Å². The van der Waals surface area contributed by atoms with Crippen LogP contribution in [0.15, 0.2) is 63.9 Å². The van der Waals surface area contributed by atoms with Gasteiger partial charge in [-0.25, -0.2) is 4.68 Å². The molecule has 0 saturated carbocycles. The van der Waals surface area contributed by atoms with E-state index in [4.69, 9.17) is 0 Å². The summed E-state index contributed by atoms with van der Waals surface area (Å²) in [5, 5.41) is 15.0. The molecule has 0 N–H and O–H groups in total. The minimum atomic E-state index is -4.66. The highest BCUT2D eigenvalue weighted by atomic mass is 32.2. The molecule has 164 valence electrons. The molecule has 0 bridgehead atoms. The molecule has 0 atom stereocenters. The number of nitrogens with zero attached hydrogens (tertiary/aromatic N) is 3. The first-order chi connectivity index (χ1) is 14.5. The van der Waals surface area contributed by atoms with Gasteiger partial charge >= 0.3 is 6.18 Å². The lowest BCUT2D eigenvalue weighted by molar-refractivity contribution is -0.249. The van der Waals surface area contributed by atoms with Crippen LogP contribution in [0.3, 0.4) is 0 Å². The second-order valence-electron chi connectivity index (χ2n) is 6.45. The molecule has 0 unspecified atom stereocenters. The van der Waals surface area contributed by atoms with Crippen LogP contribution in [0.4, 0.5) is 13.2 Å². The van der Waals surface area contributed by atoms with Crippen LogP contribution >= 0.6 is 0 Å². The van der Waals surface area contributed by atoms with Crippen molar-refractivity contribution in [3.63, 3.8) is 0 Å². The first-order valence-corrected chi connectivity index (χ1v) is 10.4. The molecule has 0 spiro atoms. The molecule has 1 heterocycles. The Bertz CT molecular complexity index is 1200. The fourth-order valence-corrected chi connectivity index (χ4v) is 3.54. The van der Waals surface area contributed by atoms with Gasteiger partial charge in [-0.1, -0.05) is 36.8 Å². The van der Waals surface area contributed by atoms with E-state index in [0.29, 0.717) is 5.56 Å². The van der Waals surface area contributed by atoms with Gasteiger partial charge in [-0.05, 0) is 43.9 Å². The predicted molar refractivity (Wildman–Crippen MR) is 105 cm³/mol. The topological polar surface area (TPSA) is 96.6 Å². The Labute approximate surface area is 176 Å².